The van der Waals surface area contributed by atoms with Gasteiger partial charge < -0.3 is 15.0 Å². The van der Waals surface area contributed by atoms with Gasteiger partial charge in [-0.25, -0.2) is 0 Å². The van der Waals surface area contributed by atoms with Gasteiger partial charge in [-0.3, -0.25) is 0 Å². The summed E-state index contributed by atoms with van der Waals surface area (Å²) in [5.74, 6) is 0. The Hall–Kier alpha value is -1.06. The summed E-state index contributed by atoms with van der Waals surface area (Å²) in [6.45, 7) is 6.31. The van der Waals surface area contributed by atoms with E-state index in [9.17, 15) is 0 Å². The summed E-state index contributed by atoms with van der Waals surface area (Å²) in [6, 6.07) is 9.33. The van der Waals surface area contributed by atoms with Crippen molar-refractivity contribution in [2.45, 2.75) is 32.4 Å². The molecule has 100 valence electrons. The van der Waals surface area contributed by atoms with E-state index in [1.165, 1.54) is 24.1 Å². The first kappa shape index (κ1) is 13.4. The lowest BCUT2D eigenvalue weighted by Gasteiger charge is -2.19. The van der Waals surface area contributed by atoms with Gasteiger partial charge in [-0.15, -0.1) is 0 Å². The monoisotopic (exact) mass is 248 g/mol. The lowest BCUT2D eigenvalue weighted by molar-refractivity contribution is 0.185. The van der Waals surface area contributed by atoms with E-state index >= 15 is 0 Å². The average molecular weight is 248 g/mol. The van der Waals surface area contributed by atoms with Gasteiger partial charge in [0.25, 0.3) is 0 Å². The molecule has 0 amide bonds. The van der Waals surface area contributed by atoms with Crippen molar-refractivity contribution in [2.24, 2.45) is 0 Å². The zero-order chi connectivity index (χ0) is 12.8. The highest BCUT2D eigenvalue weighted by Gasteiger charge is 2.21. The van der Waals surface area contributed by atoms with Gasteiger partial charge in [0.05, 0.1) is 6.61 Å². The molecule has 1 N–H and O–H groups in total. The molecule has 0 bridgehead atoms. The van der Waals surface area contributed by atoms with Crippen molar-refractivity contribution in [3.05, 3.63) is 29.8 Å². The number of nitrogens with one attached hydrogen (secondary N) is 1. The zero-order valence-electron chi connectivity index (χ0n) is 11.5. The van der Waals surface area contributed by atoms with Gasteiger partial charge in [0.1, 0.15) is 0 Å². The molecule has 1 fully saturated rings. The quantitative estimate of drug-likeness (QED) is 0.836. The van der Waals surface area contributed by atoms with Crippen LogP contribution < -0.4 is 10.2 Å². The van der Waals surface area contributed by atoms with Gasteiger partial charge in [0, 0.05) is 31.9 Å². The van der Waals surface area contributed by atoms with E-state index < -0.39 is 0 Å². The van der Waals surface area contributed by atoms with E-state index in [1.54, 1.807) is 7.11 Å². The minimum atomic E-state index is 0.649. The van der Waals surface area contributed by atoms with Crippen molar-refractivity contribution in [1.29, 1.82) is 0 Å². The highest BCUT2D eigenvalue weighted by Crippen LogP contribution is 2.21. The van der Waals surface area contributed by atoms with Crippen LogP contribution in [-0.2, 0) is 11.3 Å². The molecule has 0 aliphatic carbocycles. The molecule has 0 spiro atoms. The van der Waals surface area contributed by atoms with Crippen molar-refractivity contribution in [3.8, 4) is 0 Å². The van der Waals surface area contributed by atoms with Crippen LogP contribution in [0.3, 0.4) is 0 Å². The highest BCUT2D eigenvalue weighted by molar-refractivity contribution is 5.49. The fourth-order valence-electron chi connectivity index (χ4n) is 2.52. The topological polar surface area (TPSA) is 24.5 Å². The summed E-state index contributed by atoms with van der Waals surface area (Å²) >= 11 is 0. The molecule has 1 saturated heterocycles. The first-order chi connectivity index (χ1) is 8.83. The standard InChI is InChI=1S/C15H24N2O/c1-3-8-16-14-7-9-17(11-14)15-6-4-5-13(10-15)12-18-2/h4-6,10,14,16H,3,7-9,11-12H2,1-2H3. The predicted molar refractivity (Wildman–Crippen MR) is 76.1 cm³/mol. The second kappa shape index (κ2) is 6.76. The third kappa shape index (κ3) is 3.47. The van der Waals surface area contributed by atoms with Crippen LogP contribution in [-0.4, -0.2) is 32.8 Å². The van der Waals surface area contributed by atoms with E-state index in [0.717, 1.165) is 19.6 Å². The largest absolute Gasteiger partial charge is 0.380 e. The van der Waals surface area contributed by atoms with Crippen molar-refractivity contribution in [1.82, 2.24) is 5.32 Å². The summed E-state index contributed by atoms with van der Waals surface area (Å²) in [5.41, 5.74) is 2.57. The van der Waals surface area contributed by atoms with Crippen LogP contribution in [0.4, 0.5) is 5.69 Å². The van der Waals surface area contributed by atoms with Gasteiger partial charge in [0.2, 0.25) is 0 Å². The fraction of sp³-hybridized carbons (Fsp3) is 0.600. The summed E-state index contributed by atoms with van der Waals surface area (Å²) in [7, 11) is 1.74. The highest BCUT2D eigenvalue weighted by atomic mass is 16.5. The molecule has 0 radical (unpaired) electrons. The lowest BCUT2D eigenvalue weighted by atomic mass is 10.2. The van der Waals surface area contributed by atoms with Gasteiger partial charge in [0.15, 0.2) is 0 Å². The summed E-state index contributed by atoms with van der Waals surface area (Å²) in [4.78, 5) is 2.46. The smallest absolute Gasteiger partial charge is 0.0713 e. The second-order valence-electron chi connectivity index (χ2n) is 4.99. The molecule has 2 rings (SSSR count). The maximum absolute atomic E-state index is 5.19. The number of nitrogens with zero attached hydrogens (tertiary/aromatic N) is 1. The van der Waals surface area contributed by atoms with Crippen LogP contribution in [0.1, 0.15) is 25.3 Å². The molecular formula is C15H24N2O. The maximum atomic E-state index is 5.19. The number of hydrogen-bond acceptors (Lipinski definition) is 3. The van der Waals surface area contributed by atoms with Crippen LogP contribution in [0.25, 0.3) is 0 Å². The molecule has 0 saturated carbocycles. The van der Waals surface area contributed by atoms with Gasteiger partial charge in [-0.1, -0.05) is 19.1 Å². The molecule has 1 aliphatic heterocycles. The van der Waals surface area contributed by atoms with E-state index in [0.29, 0.717) is 12.6 Å². The second-order valence-corrected chi connectivity index (χ2v) is 4.99. The fourth-order valence-corrected chi connectivity index (χ4v) is 2.52. The molecule has 1 unspecified atom stereocenters. The Morgan fingerprint density at radius 2 is 2.33 bits per heavy atom. The van der Waals surface area contributed by atoms with Gasteiger partial charge >= 0.3 is 0 Å². The normalized spacial score (nSPS) is 19.4. The van der Waals surface area contributed by atoms with Crippen molar-refractivity contribution in [3.63, 3.8) is 0 Å². The van der Waals surface area contributed by atoms with Crippen LogP contribution in [0.15, 0.2) is 24.3 Å². The van der Waals surface area contributed by atoms with Crippen LogP contribution in [0.5, 0.6) is 0 Å². The number of rotatable bonds is 6. The molecule has 3 heteroatoms. The number of hydrogen-bond donors (Lipinski definition) is 1. The van der Waals surface area contributed by atoms with Gasteiger partial charge in [-0.2, -0.15) is 0 Å². The molecule has 1 aliphatic rings. The predicted octanol–water partition coefficient (Wildman–Crippen LogP) is 2.41. The molecule has 3 nitrogen and oxygen atoms in total. The van der Waals surface area contributed by atoms with E-state index in [2.05, 4.69) is 41.4 Å². The molecule has 1 aromatic rings. The van der Waals surface area contributed by atoms with Crippen molar-refractivity contribution >= 4 is 5.69 Å². The van der Waals surface area contributed by atoms with E-state index in [4.69, 9.17) is 4.74 Å². The Morgan fingerprint density at radius 3 is 3.11 bits per heavy atom. The lowest BCUT2D eigenvalue weighted by Crippen LogP contribution is -2.32. The maximum Gasteiger partial charge on any atom is 0.0713 e. The molecule has 1 atom stereocenters. The number of anilines is 1. The Balaban J connectivity index is 1.94. The number of ether oxygens (including phenoxy) is 1. The Morgan fingerprint density at radius 1 is 1.44 bits per heavy atom. The van der Waals surface area contributed by atoms with Crippen molar-refractivity contribution in [2.75, 3.05) is 31.6 Å². The minimum Gasteiger partial charge on any atom is -0.380 e. The Labute approximate surface area is 110 Å². The number of benzene rings is 1. The van der Waals surface area contributed by atoms with Crippen molar-refractivity contribution < 1.29 is 4.74 Å². The molecule has 1 aromatic carbocycles. The summed E-state index contributed by atoms with van der Waals surface area (Å²) in [5, 5.41) is 3.60. The summed E-state index contributed by atoms with van der Waals surface area (Å²) < 4.78 is 5.19. The van der Waals surface area contributed by atoms with Crippen LogP contribution >= 0.6 is 0 Å². The van der Waals surface area contributed by atoms with E-state index in [-0.39, 0.29) is 0 Å². The Bertz CT molecular complexity index is 367. The summed E-state index contributed by atoms with van der Waals surface area (Å²) in [6.07, 6.45) is 2.45. The Kier molecular flexibility index (Phi) is 5.02. The molecule has 0 aromatic heterocycles. The first-order valence-electron chi connectivity index (χ1n) is 6.89. The third-order valence-electron chi connectivity index (χ3n) is 3.46. The van der Waals surface area contributed by atoms with Crippen LogP contribution in [0, 0.1) is 0 Å². The number of methoxy groups -OCH3 is 1. The SMILES string of the molecule is CCCNC1CCN(c2cccc(COC)c2)C1. The molecule has 1 heterocycles. The minimum absolute atomic E-state index is 0.649. The van der Waals surface area contributed by atoms with E-state index in [1.807, 2.05) is 0 Å². The molecular weight excluding hydrogens is 224 g/mol. The zero-order valence-corrected chi connectivity index (χ0v) is 11.5. The van der Waals surface area contributed by atoms with Gasteiger partial charge in [-0.05, 0) is 37.1 Å². The third-order valence-corrected chi connectivity index (χ3v) is 3.46. The molecule has 18 heavy (non-hydrogen) atoms. The first-order valence-corrected chi connectivity index (χ1v) is 6.89. The van der Waals surface area contributed by atoms with Crippen LogP contribution in [0.2, 0.25) is 0 Å². The average Bonchev–Trinajstić information content (AvgIpc) is 2.86.